The zero-order chi connectivity index (χ0) is 14.8. The summed E-state index contributed by atoms with van der Waals surface area (Å²) in [6, 6.07) is 7.16. The fourth-order valence-corrected chi connectivity index (χ4v) is 2.93. The summed E-state index contributed by atoms with van der Waals surface area (Å²) in [5, 5.41) is 12.2. The molecular formula is C15H13BrN2O3. The average Bonchev–Trinajstić information content (AvgIpc) is 2.93. The van der Waals surface area contributed by atoms with Gasteiger partial charge < -0.3 is 15.2 Å². The van der Waals surface area contributed by atoms with Crippen molar-refractivity contribution >= 4 is 27.7 Å². The molecule has 0 bridgehead atoms. The van der Waals surface area contributed by atoms with Gasteiger partial charge in [-0.2, -0.15) is 0 Å². The Morgan fingerprint density at radius 1 is 1.48 bits per heavy atom. The molecule has 3 rings (SSSR count). The number of nitrogens with zero attached hydrogens (tertiary/aromatic N) is 1. The van der Waals surface area contributed by atoms with Gasteiger partial charge in [0.15, 0.2) is 0 Å². The van der Waals surface area contributed by atoms with Gasteiger partial charge in [-0.05, 0) is 29.8 Å². The number of carbonyl (C=O) groups is 1. The van der Waals surface area contributed by atoms with Crippen LogP contribution in [0, 0.1) is 0 Å². The van der Waals surface area contributed by atoms with E-state index in [-0.39, 0.29) is 5.56 Å². The summed E-state index contributed by atoms with van der Waals surface area (Å²) in [5.41, 5.74) is 2.31. The molecule has 5 nitrogen and oxygen atoms in total. The largest absolute Gasteiger partial charge is 0.493 e. The van der Waals surface area contributed by atoms with E-state index in [1.807, 2.05) is 6.07 Å². The summed E-state index contributed by atoms with van der Waals surface area (Å²) >= 11 is 3.49. The topological polar surface area (TPSA) is 71.5 Å². The van der Waals surface area contributed by atoms with Crippen LogP contribution in [0.5, 0.6) is 5.75 Å². The number of rotatable bonds is 4. The van der Waals surface area contributed by atoms with E-state index in [4.69, 9.17) is 9.84 Å². The maximum absolute atomic E-state index is 11.2. The highest BCUT2D eigenvalue weighted by molar-refractivity contribution is 9.10. The number of benzene rings is 1. The monoisotopic (exact) mass is 348 g/mol. The minimum atomic E-state index is -0.999. The van der Waals surface area contributed by atoms with Gasteiger partial charge in [-0.3, -0.25) is 0 Å². The molecule has 21 heavy (non-hydrogen) atoms. The van der Waals surface area contributed by atoms with E-state index in [1.54, 1.807) is 12.3 Å². The van der Waals surface area contributed by atoms with Crippen molar-refractivity contribution in [3.63, 3.8) is 0 Å². The Morgan fingerprint density at radius 2 is 2.33 bits per heavy atom. The quantitative estimate of drug-likeness (QED) is 0.888. The van der Waals surface area contributed by atoms with Gasteiger partial charge >= 0.3 is 5.97 Å². The van der Waals surface area contributed by atoms with Crippen LogP contribution in [0.3, 0.4) is 0 Å². The van der Waals surface area contributed by atoms with Crippen LogP contribution < -0.4 is 10.1 Å². The van der Waals surface area contributed by atoms with E-state index < -0.39 is 5.97 Å². The molecule has 0 fully saturated rings. The number of hydrogen-bond donors (Lipinski definition) is 2. The molecule has 1 aliphatic rings. The van der Waals surface area contributed by atoms with Gasteiger partial charge in [0.2, 0.25) is 0 Å². The predicted octanol–water partition coefficient (Wildman–Crippen LogP) is 3.09. The van der Waals surface area contributed by atoms with Crippen LogP contribution in [-0.2, 0) is 13.0 Å². The Hall–Kier alpha value is -2.08. The number of halogens is 1. The first-order valence-electron chi connectivity index (χ1n) is 6.51. The molecule has 0 atom stereocenters. The molecule has 2 heterocycles. The van der Waals surface area contributed by atoms with E-state index >= 15 is 0 Å². The highest BCUT2D eigenvalue weighted by Crippen LogP contribution is 2.33. The highest BCUT2D eigenvalue weighted by Gasteiger charge is 2.18. The fourth-order valence-electron chi connectivity index (χ4n) is 2.38. The maximum atomic E-state index is 11.2. The molecule has 6 heteroatoms. The zero-order valence-corrected chi connectivity index (χ0v) is 12.7. The number of carboxylic acids is 1. The van der Waals surface area contributed by atoms with E-state index in [0.717, 1.165) is 22.2 Å². The SMILES string of the molecule is O=C(O)c1cccnc1NCc1cc(Br)cc2c1OCC2. The number of carboxylic acid groups (broad SMARTS) is 1. The number of ether oxygens (including phenoxy) is 1. The van der Waals surface area contributed by atoms with Gasteiger partial charge in [-0.25, -0.2) is 9.78 Å². The van der Waals surface area contributed by atoms with Gasteiger partial charge in [-0.1, -0.05) is 15.9 Å². The van der Waals surface area contributed by atoms with Crippen molar-refractivity contribution in [1.29, 1.82) is 0 Å². The van der Waals surface area contributed by atoms with Crippen molar-refractivity contribution in [3.05, 3.63) is 51.6 Å². The molecular weight excluding hydrogens is 336 g/mol. The van der Waals surface area contributed by atoms with E-state index in [0.29, 0.717) is 19.0 Å². The van der Waals surface area contributed by atoms with Crippen LogP contribution in [0.4, 0.5) is 5.82 Å². The predicted molar refractivity (Wildman–Crippen MR) is 81.9 cm³/mol. The number of hydrogen-bond acceptors (Lipinski definition) is 4. The molecule has 1 aromatic carbocycles. The second kappa shape index (κ2) is 5.73. The average molecular weight is 349 g/mol. The maximum Gasteiger partial charge on any atom is 0.339 e. The lowest BCUT2D eigenvalue weighted by Gasteiger charge is -2.12. The molecule has 0 radical (unpaired) electrons. The third-order valence-corrected chi connectivity index (χ3v) is 3.77. The second-order valence-electron chi connectivity index (χ2n) is 4.71. The van der Waals surface area contributed by atoms with Crippen molar-refractivity contribution in [2.75, 3.05) is 11.9 Å². The first-order valence-corrected chi connectivity index (χ1v) is 7.31. The molecule has 2 aromatic rings. The molecule has 0 saturated carbocycles. The first kappa shape index (κ1) is 13.9. The third kappa shape index (κ3) is 2.85. The van der Waals surface area contributed by atoms with Crippen LogP contribution in [0.25, 0.3) is 0 Å². The number of anilines is 1. The second-order valence-corrected chi connectivity index (χ2v) is 5.63. The molecule has 1 aromatic heterocycles. The fraction of sp³-hybridized carbons (Fsp3) is 0.200. The number of aromatic nitrogens is 1. The molecule has 2 N–H and O–H groups in total. The van der Waals surface area contributed by atoms with Crippen LogP contribution in [0.1, 0.15) is 21.5 Å². The minimum absolute atomic E-state index is 0.157. The Labute approximate surface area is 130 Å². The summed E-state index contributed by atoms with van der Waals surface area (Å²) in [6.45, 7) is 1.14. The van der Waals surface area contributed by atoms with Gasteiger partial charge in [0.1, 0.15) is 17.1 Å². The van der Waals surface area contributed by atoms with Crippen LogP contribution in [0.2, 0.25) is 0 Å². The van der Waals surface area contributed by atoms with Gasteiger partial charge in [0.25, 0.3) is 0 Å². The normalized spacial score (nSPS) is 12.6. The molecule has 0 aliphatic carbocycles. The van der Waals surface area contributed by atoms with E-state index in [1.165, 1.54) is 11.6 Å². The standard InChI is InChI=1S/C15H13BrN2O3/c16-11-6-9-3-5-21-13(9)10(7-11)8-18-14-12(15(19)20)2-1-4-17-14/h1-2,4,6-7H,3,5,8H2,(H,17,18)(H,19,20). The first-order chi connectivity index (χ1) is 10.1. The minimum Gasteiger partial charge on any atom is -0.493 e. The highest BCUT2D eigenvalue weighted by atomic mass is 79.9. The summed E-state index contributed by atoms with van der Waals surface area (Å²) in [7, 11) is 0. The Kier molecular flexibility index (Phi) is 3.79. The number of nitrogens with one attached hydrogen (secondary N) is 1. The Morgan fingerprint density at radius 3 is 3.14 bits per heavy atom. The smallest absolute Gasteiger partial charge is 0.339 e. The number of fused-ring (bicyclic) bond motifs is 1. The van der Waals surface area contributed by atoms with Crippen LogP contribution in [-0.4, -0.2) is 22.7 Å². The van der Waals surface area contributed by atoms with Crippen molar-refractivity contribution in [2.24, 2.45) is 0 Å². The van der Waals surface area contributed by atoms with E-state index in [2.05, 4.69) is 32.3 Å². The lowest BCUT2D eigenvalue weighted by atomic mass is 10.1. The van der Waals surface area contributed by atoms with Crippen molar-refractivity contribution in [1.82, 2.24) is 4.98 Å². The molecule has 0 spiro atoms. The number of aromatic carboxylic acids is 1. The number of pyridine rings is 1. The Balaban J connectivity index is 1.85. The Bertz CT molecular complexity index is 703. The van der Waals surface area contributed by atoms with Crippen LogP contribution in [0.15, 0.2) is 34.9 Å². The van der Waals surface area contributed by atoms with Crippen molar-refractivity contribution in [3.8, 4) is 5.75 Å². The van der Waals surface area contributed by atoms with Gasteiger partial charge in [0.05, 0.1) is 6.61 Å². The molecule has 0 unspecified atom stereocenters. The summed E-state index contributed by atoms with van der Waals surface area (Å²) in [4.78, 5) is 15.2. The molecule has 108 valence electrons. The van der Waals surface area contributed by atoms with Crippen LogP contribution >= 0.6 is 15.9 Å². The summed E-state index contributed by atoms with van der Waals surface area (Å²) in [5.74, 6) is 0.247. The lowest BCUT2D eigenvalue weighted by Crippen LogP contribution is -2.08. The van der Waals surface area contributed by atoms with Gasteiger partial charge in [-0.15, -0.1) is 0 Å². The van der Waals surface area contributed by atoms with E-state index in [9.17, 15) is 4.79 Å². The molecule has 0 saturated heterocycles. The third-order valence-electron chi connectivity index (χ3n) is 3.31. The molecule has 1 aliphatic heterocycles. The summed E-state index contributed by atoms with van der Waals surface area (Å²) < 4.78 is 6.64. The molecule has 0 amide bonds. The van der Waals surface area contributed by atoms with Crippen molar-refractivity contribution in [2.45, 2.75) is 13.0 Å². The van der Waals surface area contributed by atoms with Gasteiger partial charge in [0, 0.05) is 29.2 Å². The summed E-state index contributed by atoms with van der Waals surface area (Å²) in [6.07, 6.45) is 2.46. The lowest BCUT2D eigenvalue weighted by molar-refractivity contribution is 0.0697. The van der Waals surface area contributed by atoms with Crippen molar-refractivity contribution < 1.29 is 14.6 Å². The zero-order valence-electron chi connectivity index (χ0n) is 11.1.